The van der Waals surface area contributed by atoms with Crippen LogP contribution >= 0.6 is 0 Å². The molecule has 2 amide bonds. The number of hydrogen-bond acceptors (Lipinski definition) is 6. The molecule has 2 aromatic rings. The van der Waals surface area contributed by atoms with Gasteiger partial charge in [-0.3, -0.25) is 4.79 Å². The number of carbonyl (C=O) groups excluding carboxylic acids is 2. The van der Waals surface area contributed by atoms with Crippen LogP contribution in [0.15, 0.2) is 36.4 Å². The monoisotopic (exact) mass is 387 g/mol. The normalized spacial score (nSPS) is 13.9. The molecule has 1 aliphatic heterocycles. The number of ether oxygens (including phenoxy) is 1. The first kappa shape index (κ1) is 19.5. The minimum atomic E-state index is -0.416. The molecule has 0 radical (unpaired) electrons. The van der Waals surface area contributed by atoms with Gasteiger partial charge in [-0.2, -0.15) is 0 Å². The summed E-state index contributed by atoms with van der Waals surface area (Å²) < 4.78 is 18.6. The van der Waals surface area contributed by atoms with E-state index < -0.39 is 5.82 Å². The van der Waals surface area contributed by atoms with Crippen LogP contribution in [-0.4, -0.2) is 59.9 Å². The summed E-state index contributed by atoms with van der Waals surface area (Å²) in [6.45, 7) is 4.46. The van der Waals surface area contributed by atoms with E-state index in [-0.39, 0.29) is 18.4 Å². The van der Waals surface area contributed by atoms with Crippen molar-refractivity contribution in [1.82, 2.24) is 15.1 Å². The minimum Gasteiger partial charge on any atom is -0.450 e. The Morgan fingerprint density at radius 3 is 2.50 bits per heavy atom. The summed E-state index contributed by atoms with van der Waals surface area (Å²) in [6, 6.07) is 9.55. The molecule has 1 aromatic carbocycles. The molecule has 0 unspecified atom stereocenters. The predicted molar refractivity (Wildman–Crippen MR) is 102 cm³/mol. The average Bonchev–Trinajstić information content (AvgIpc) is 2.71. The number of piperazine rings is 1. The van der Waals surface area contributed by atoms with Gasteiger partial charge in [0.2, 0.25) is 5.91 Å². The largest absolute Gasteiger partial charge is 0.450 e. The summed E-state index contributed by atoms with van der Waals surface area (Å²) in [7, 11) is 0. The highest BCUT2D eigenvalue weighted by Crippen LogP contribution is 2.15. The third-order valence-corrected chi connectivity index (χ3v) is 4.36. The summed E-state index contributed by atoms with van der Waals surface area (Å²) in [4.78, 5) is 27.5. The molecule has 0 atom stereocenters. The Morgan fingerprint density at radius 1 is 1.11 bits per heavy atom. The van der Waals surface area contributed by atoms with Crippen molar-refractivity contribution in [1.29, 1.82) is 0 Å². The van der Waals surface area contributed by atoms with E-state index in [1.165, 1.54) is 6.07 Å². The lowest BCUT2D eigenvalue weighted by molar-refractivity contribution is -0.115. The Balaban J connectivity index is 1.52. The summed E-state index contributed by atoms with van der Waals surface area (Å²) in [6.07, 6.45) is -0.382. The molecule has 1 fully saturated rings. The standard InChI is InChI=1S/C19H22FN5O3/c1-2-28-19(27)25-11-9-24(10-12-25)17-8-7-16(22-23-17)21-18(26)13-14-5-3-4-6-15(14)20/h3-8H,2,9-13H2,1H3,(H,21,22,26). The predicted octanol–water partition coefficient (Wildman–Crippen LogP) is 2.08. The summed E-state index contributed by atoms with van der Waals surface area (Å²) in [5.41, 5.74) is 0.323. The molecule has 1 N–H and O–H groups in total. The lowest BCUT2D eigenvalue weighted by atomic mass is 10.1. The van der Waals surface area contributed by atoms with Gasteiger partial charge in [-0.1, -0.05) is 18.2 Å². The Morgan fingerprint density at radius 2 is 1.86 bits per heavy atom. The van der Waals surface area contributed by atoms with Crippen LogP contribution in [0.25, 0.3) is 0 Å². The third kappa shape index (κ3) is 4.93. The fourth-order valence-electron chi connectivity index (χ4n) is 2.90. The number of halogens is 1. The zero-order valence-corrected chi connectivity index (χ0v) is 15.6. The molecule has 2 heterocycles. The van der Waals surface area contributed by atoms with Gasteiger partial charge in [0.1, 0.15) is 5.82 Å². The minimum absolute atomic E-state index is 0.0775. The molecule has 9 heteroatoms. The lowest BCUT2D eigenvalue weighted by Crippen LogP contribution is -2.49. The molecule has 28 heavy (non-hydrogen) atoms. The molecule has 1 aromatic heterocycles. The van der Waals surface area contributed by atoms with Crippen LogP contribution in [0.2, 0.25) is 0 Å². The van der Waals surface area contributed by atoms with E-state index in [9.17, 15) is 14.0 Å². The van der Waals surface area contributed by atoms with Crippen LogP contribution in [0.4, 0.5) is 20.8 Å². The van der Waals surface area contributed by atoms with E-state index in [4.69, 9.17) is 4.74 Å². The number of carbonyl (C=O) groups is 2. The Hall–Kier alpha value is -3.23. The van der Waals surface area contributed by atoms with Crippen LogP contribution in [0.5, 0.6) is 0 Å². The Bertz CT molecular complexity index is 823. The van der Waals surface area contributed by atoms with Gasteiger partial charge in [0.05, 0.1) is 13.0 Å². The number of nitrogens with one attached hydrogen (secondary N) is 1. The zero-order valence-electron chi connectivity index (χ0n) is 15.6. The number of amides is 2. The van der Waals surface area contributed by atoms with Crippen LogP contribution < -0.4 is 10.2 Å². The van der Waals surface area contributed by atoms with E-state index in [2.05, 4.69) is 15.5 Å². The molecular formula is C19H22FN5O3. The maximum absolute atomic E-state index is 13.6. The Labute approximate surface area is 162 Å². The number of aromatic nitrogens is 2. The fraction of sp³-hybridized carbons (Fsp3) is 0.368. The van der Waals surface area contributed by atoms with E-state index in [0.29, 0.717) is 50.0 Å². The summed E-state index contributed by atoms with van der Waals surface area (Å²) >= 11 is 0. The average molecular weight is 387 g/mol. The van der Waals surface area contributed by atoms with Gasteiger partial charge < -0.3 is 19.9 Å². The molecule has 3 rings (SSSR count). The highest BCUT2D eigenvalue weighted by Gasteiger charge is 2.22. The first-order valence-corrected chi connectivity index (χ1v) is 9.10. The van der Waals surface area contributed by atoms with E-state index in [1.54, 1.807) is 42.2 Å². The van der Waals surface area contributed by atoms with Crippen molar-refractivity contribution in [3.8, 4) is 0 Å². The van der Waals surface area contributed by atoms with Crippen LogP contribution in [0.1, 0.15) is 12.5 Å². The van der Waals surface area contributed by atoms with E-state index >= 15 is 0 Å². The Kier molecular flexibility index (Phi) is 6.36. The quantitative estimate of drug-likeness (QED) is 0.845. The number of rotatable bonds is 5. The zero-order chi connectivity index (χ0) is 19.9. The van der Waals surface area contributed by atoms with Gasteiger partial charge in [-0.15, -0.1) is 10.2 Å². The second-order valence-electron chi connectivity index (χ2n) is 6.27. The van der Waals surface area contributed by atoms with Gasteiger partial charge >= 0.3 is 6.09 Å². The van der Waals surface area contributed by atoms with Crippen LogP contribution in [-0.2, 0) is 16.0 Å². The van der Waals surface area contributed by atoms with Crippen molar-refractivity contribution >= 4 is 23.6 Å². The molecule has 8 nitrogen and oxygen atoms in total. The number of anilines is 2. The fourth-order valence-corrected chi connectivity index (χ4v) is 2.90. The van der Waals surface area contributed by atoms with E-state index in [1.807, 2.05) is 4.90 Å². The van der Waals surface area contributed by atoms with Crippen molar-refractivity contribution in [3.05, 3.63) is 47.8 Å². The molecule has 0 aliphatic carbocycles. The first-order valence-electron chi connectivity index (χ1n) is 9.10. The first-order chi connectivity index (χ1) is 13.6. The molecule has 0 spiro atoms. The lowest BCUT2D eigenvalue weighted by Gasteiger charge is -2.34. The maximum atomic E-state index is 13.6. The number of benzene rings is 1. The van der Waals surface area contributed by atoms with Crippen molar-refractivity contribution in [2.75, 3.05) is 43.0 Å². The molecule has 148 valence electrons. The maximum Gasteiger partial charge on any atom is 0.409 e. The van der Waals surface area contributed by atoms with Crippen molar-refractivity contribution in [2.24, 2.45) is 0 Å². The van der Waals surface area contributed by atoms with Crippen LogP contribution in [0.3, 0.4) is 0 Å². The molecule has 1 aliphatic rings. The number of hydrogen-bond donors (Lipinski definition) is 1. The molecular weight excluding hydrogens is 365 g/mol. The van der Waals surface area contributed by atoms with Gasteiger partial charge in [0.25, 0.3) is 0 Å². The number of nitrogens with zero attached hydrogens (tertiary/aromatic N) is 4. The highest BCUT2D eigenvalue weighted by atomic mass is 19.1. The van der Waals surface area contributed by atoms with Gasteiger partial charge in [-0.05, 0) is 30.7 Å². The molecule has 0 bridgehead atoms. The van der Waals surface area contributed by atoms with E-state index in [0.717, 1.165) is 0 Å². The topological polar surface area (TPSA) is 87.7 Å². The van der Waals surface area contributed by atoms with Crippen molar-refractivity contribution in [2.45, 2.75) is 13.3 Å². The smallest absolute Gasteiger partial charge is 0.409 e. The summed E-state index contributed by atoms with van der Waals surface area (Å²) in [5, 5.41) is 10.8. The van der Waals surface area contributed by atoms with Gasteiger partial charge in [0.15, 0.2) is 11.6 Å². The molecule has 0 saturated carbocycles. The van der Waals surface area contributed by atoms with Crippen LogP contribution in [0, 0.1) is 5.82 Å². The van der Waals surface area contributed by atoms with Gasteiger partial charge in [-0.25, -0.2) is 9.18 Å². The SMILES string of the molecule is CCOC(=O)N1CCN(c2ccc(NC(=O)Cc3ccccc3F)nn2)CC1. The highest BCUT2D eigenvalue weighted by molar-refractivity contribution is 5.91. The van der Waals surface area contributed by atoms with Crippen molar-refractivity contribution in [3.63, 3.8) is 0 Å². The van der Waals surface area contributed by atoms with Gasteiger partial charge in [0, 0.05) is 26.2 Å². The van der Waals surface area contributed by atoms with Crippen molar-refractivity contribution < 1.29 is 18.7 Å². The second kappa shape index (κ2) is 9.12. The second-order valence-corrected chi connectivity index (χ2v) is 6.27. The third-order valence-electron chi connectivity index (χ3n) is 4.36. The summed E-state index contributed by atoms with van der Waals surface area (Å²) in [5.74, 6) is 0.183. The molecule has 1 saturated heterocycles.